The van der Waals surface area contributed by atoms with Gasteiger partial charge in [-0.05, 0) is 26.0 Å². The molecule has 0 radical (unpaired) electrons. The Kier molecular flexibility index (Phi) is 4.88. The Balaban J connectivity index is 2.86. The van der Waals surface area contributed by atoms with Crippen molar-refractivity contribution in [3.8, 4) is 6.07 Å². The zero-order valence-electron chi connectivity index (χ0n) is 11.9. The maximum Gasteiger partial charge on any atom is 0.287 e. The smallest absolute Gasteiger partial charge is 0.287 e. The summed E-state index contributed by atoms with van der Waals surface area (Å²) in [5, 5.41) is 22.6. The topological polar surface area (TPSA) is 125 Å². The van der Waals surface area contributed by atoms with Crippen LogP contribution in [-0.2, 0) is 10.0 Å². The minimum atomic E-state index is -3.35. The predicted molar refractivity (Wildman–Crippen MR) is 78.4 cm³/mol. The minimum absolute atomic E-state index is 0.0566. The Bertz CT molecular complexity index is 692. The van der Waals surface area contributed by atoms with E-state index in [0.717, 1.165) is 6.26 Å². The quantitative estimate of drug-likeness (QED) is 0.600. The molecule has 8 nitrogen and oxygen atoms in total. The first-order valence-corrected chi connectivity index (χ1v) is 7.84. The molecule has 2 N–H and O–H groups in total. The molecule has 0 fully saturated rings. The number of hydrogen-bond donors (Lipinski definition) is 2. The van der Waals surface area contributed by atoms with Gasteiger partial charge in [0.1, 0.15) is 11.6 Å². The highest BCUT2D eigenvalue weighted by Crippen LogP contribution is 2.22. The van der Waals surface area contributed by atoms with E-state index in [2.05, 4.69) is 10.0 Å². The molecular weight excluding hydrogens is 296 g/mol. The number of nitrogens with zero attached hydrogens (tertiary/aromatic N) is 2. The van der Waals surface area contributed by atoms with Gasteiger partial charge >= 0.3 is 0 Å². The summed E-state index contributed by atoms with van der Waals surface area (Å²) in [5.74, 6) is 0. The molecule has 1 rings (SSSR count). The number of nitriles is 1. The Morgan fingerprint density at radius 1 is 1.43 bits per heavy atom. The third-order valence-electron chi connectivity index (χ3n) is 2.51. The summed E-state index contributed by atoms with van der Waals surface area (Å²) in [4.78, 5) is 10.1. The minimum Gasteiger partial charge on any atom is -0.383 e. The van der Waals surface area contributed by atoms with Crippen molar-refractivity contribution in [2.45, 2.75) is 19.4 Å². The number of benzene rings is 1. The molecule has 0 aromatic heterocycles. The number of rotatable bonds is 6. The van der Waals surface area contributed by atoms with Crippen LogP contribution in [0.15, 0.2) is 18.2 Å². The van der Waals surface area contributed by atoms with Gasteiger partial charge in [0, 0.05) is 23.8 Å². The molecule has 21 heavy (non-hydrogen) atoms. The zero-order chi connectivity index (χ0) is 16.3. The van der Waals surface area contributed by atoms with Crippen LogP contribution in [0.25, 0.3) is 0 Å². The lowest BCUT2D eigenvalue weighted by Crippen LogP contribution is -2.47. The van der Waals surface area contributed by atoms with Crippen molar-refractivity contribution in [2.24, 2.45) is 0 Å². The molecule has 0 unspecified atom stereocenters. The van der Waals surface area contributed by atoms with Gasteiger partial charge in [-0.25, -0.2) is 13.1 Å². The second-order valence-electron chi connectivity index (χ2n) is 5.21. The summed E-state index contributed by atoms with van der Waals surface area (Å²) in [5.41, 5.74) is -0.571. The van der Waals surface area contributed by atoms with Gasteiger partial charge in [-0.2, -0.15) is 5.26 Å². The van der Waals surface area contributed by atoms with Gasteiger partial charge in [0.2, 0.25) is 10.0 Å². The predicted octanol–water partition coefficient (Wildman–Crippen LogP) is 1.21. The number of nitro benzene ring substituents is 1. The monoisotopic (exact) mass is 312 g/mol. The van der Waals surface area contributed by atoms with Gasteiger partial charge in [-0.15, -0.1) is 0 Å². The van der Waals surface area contributed by atoms with Gasteiger partial charge in [-0.1, -0.05) is 0 Å². The van der Waals surface area contributed by atoms with Crippen molar-refractivity contribution in [3.63, 3.8) is 0 Å². The summed E-state index contributed by atoms with van der Waals surface area (Å²) in [7, 11) is -3.35. The SMILES string of the molecule is CC(C)(CNc1ccc([N+](=O)[O-])c(C#N)c1)NS(C)(=O)=O. The molecule has 1 aromatic rings. The number of hydrogen-bond acceptors (Lipinski definition) is 6. The first-order valence-electron chi connectivity index (χ1n) is 5.95. The Morgan fingerprint density at radius 3 is 2.52 bits per heavy atom. The van der Waals surface area contributed by atoms with Crippen LogP contribution in [0.4, 0.5) is 11.4 Å². The molecule has 9 heteroatoms. The third-order valence-corrected chi connectivity index (χ3v) is 3.43. The van der Waals surface area contributed by atoms with Crippen molar-refractivity contribution in [1.82, 2.24) is 4.72 Å². The van der Waals surface area contributed by atoms with Gasteiger partial charge < -0.3 is 5.32 Å². The van der Waals surface area contributed by atoms with Gasteiger partial charge in [0.15, 0.2) is 0 Å². The van der Waals surface area contributed by atoms with Gasteiger partial charge in [-0.3, -0.25) is 10.1 Å². The van der Waals surface area contributed by atoms with E-state index in [0.29, 0.717) is 5.69 Å². The number of nitro groups is 1. The van der Waals surface area contributed by atoms with Crippen LogP contribution in [0.5, 0.6) is 0 Å². The summed E-state index contributed by atoms with van der Waals surface area (Å²) in [6.45, 7) is 3.64. The molecule has 0 amide bonds. The van der Waals surface area contributed by atoms with Crippen LogP contribution >= 0.6 is 0 Å². The van der Waals surface area contributed by atoms with Crippen LogP contribution in [0, 0.1) is 21.4 Å². The van der Waals surface area contributed by atoms with E-state index in [1.165, 1.54) is 18.2 Å². The first-order chi connectivity index (χ1) is 9.54. The van der Waals surface area contributed by atoms with Crippen LogP contribution in [-0.4, -0.2) is 31.7 Å². The number of sulfonamides is 1. The van der Waals surface area contributed by atoms with Crippen molar-refractivity contribution in [3.05, 3.63) is 33.9 Å². The lowest BCUT2D eigenvalue weighted by molar-refractivity contribution is -0.385. The normalized spacial score (nSPS) is 11.7. The Hall–Kier alpha value is -2.18. The van der Waals surface area contributed by atoms with Crippen LogP contribution in [0.3, 0.4) is 0 Å². The summed E-state index contributed by atoms with van der Waals surface area (Å²) < 4.78 is 24.9. The van der Waals surface area contributed by atoms with Crippen molar-refractivity contribution >= 4 is 21.4 Å². The van der Waals surface area contributed by atoms with E-state index < -0.39 is 20.5 Å². The molecule has 114 valence electrons. The van der Waals surface area contributed by atoms with Crippen LogP contribution in [0.2, 0.25) is 0 Å². The second kappa shape index (κ2) is 6.07. The number of nitrogens with one attached hydrogen (secondary N) is 2. The highest BCUT2D eigenvalue weighted by atomic mass is 32.2. The molecular formula is C12H16N4O4S. The van der Waals surface area contributed by atoms with Gasteiger partial charge in [0.25, 0.3) is 5.69 Å². The molecule has 0 aliphatic rings. The Labute approximate surface area is 123 Å². The van der Waals surface area contributed by atoms with E-state index >= 15 is 0 Å². The molecule has 0 heterocycles. The van der Waals surface area contributed by atoms with Crippen LogP contribution < -0.4 is 10.0 Å². The highest BCUT2D eigenvalue weighted by Gasteiger charge is 2.22. The fourth-order valence-electron chi connectivity index (χ4n) is 1.76. The van der Waals surface area contributed by atoms with E-state index in [4.69, 9.17) is 5.26 Å². The lowest BCUT2D eigenvalue weighted by Gasteiger charge is -2.25. The van der Waals surface area contributed by atoms with Crippen LogP contribution in [0.1, 0.15) is 19.4 Å². The molecule has 0 aliphatic heterocycles. The maximum atomic E-state index is 11.2. The summed E-state index contributed by atoms with van der Waals surface area (Å²) in [6, 6.07) is 5.82. The van der Waals surface area contributed by atoms with Gasteiger partial charge in [0.05, 0.1) is 11.2 Å². The summed E-state index contributed by atoms with van der Waals surface area (Å²) >= 11 is 0. The lowest BCUT2D eigenvalue weighted by atomic mass is 10.1. The van der Waals surface area contributed by atoms with Crippen molar-refractivity contribution in [2.75, 3.05) is 18.1 Å². The molecule has 0 aliphatic carbocycles. The fraction of sp³-hybridized carbons (Fsp3) is 0.417. The zero-order valence-corrected chi connectivity index (χ0v) is 12.7. The second-order valence-corrected chi connectivity index (χ2v) is 6.96. The first kappa shape index (κ1) is 16.9. The van der Waals surface area contributed by atoms with E-state index in [-0.39, 0.29) is 17.8 Å². The maximum absolute atomic E-state index is 11.2. The summed E-state index contributed by atoms with van der Waals surface area (Å²) in [6.07, 6.45) is 1.06. The Morgan fingerprint density at radius 2 is 2.05 bits per heavy atom. The molecule has 1 aromatic carbocycles. The average molecular weight is 312 g/mol. The highest BCUT2D eigenvalue weighted by molar-refractivity contribution is 7.88. The van der Waals surface area contributed by atoms with E-state index in [1.54, 1.807) is 19.9 Å². The molecule has 0 atom stereocenters. The third kappa shape index (κ3) is 5.37. The van der Waals surface area contributed by atoms with E-state index in [1.807, 2.05) is 0 Å². The molecule has 0 saturated carbocycles. The average Bonchev–Trinajstić information content (AvgIpc) is 2.33. The fourth-order valence-corrected chi connectivity index (χ4v) is 2.83. The number of anilines is 1. The molecule has 0 bridgehead atoms. The molecule has 0 saturated heterocycles. The molecule has 0 spiro atoms. The largest absolute Gasteiger partial charge is 0.383 e. The van der Waals surface area contributed by atoms with Crippen molar-refractivity contribution in [1.29, 1.82) is 5.26 Å². The van der Waals surface area contributed by atoms with Crippen molar-refractivity contribution < 1.29 is 13.3 Å². The standard InChI is InChI=1S/C12H16N4O4S/c1-12(2,15-21(3,19)20)8-14-10-4-5-11(16(17)18)9(6-10)7-13/h4-6,14-15H,8H2,1-3H3. The van der Waals surface area contributed by atoms with E-state index in [9.17, 15) is 18.5 Å².